The maximum absolute atomic E-state index is 6.16. The monoisotopic (exact) mass is 239 g/mol. The number of hydrogen-bond acceptors (Lipinski definition) is 4. The summed E-state index contributed by atoms with van der Waals surface area (Å²) in [6.07, 6.45) is 4.90. The number of benzene rings is 1. The van der Waals surface area contributed by atoms with Gasteiger partial charge in [-0.05, 0) is 18.6 Å². The smallest absolute Gasteiger partial charge is 0.137 e. The first kappa shape index (κ1) is 10.9. The summed E-state index contributed by atoms with van der Waals surface area (Å²) in [6.45, 7) is 2.02. The molecule has 0 spiro atoms. The SMILES string of the molecule is Cc1cccc2cc(C(N)c3cncnc3)oc12. The number of fused-ring (bicyclic) bond motifs is 1. The molecule has 0 aliphatic rings. The summed E-state index contributed by atoms with van der Waals surface area (Å²) >= 11 is 0. The molecule has 4 heteroatoms. The van der Waals surface area contributed by atoms with E-state index in [1.165, 1.54) is 6.33 Å². The van der Waals surface area contributed by atoms with E-state index in [1.807, 2.05) is 31.2 Å². The van der Waals surface area contributed by atoms with Crippen LogP contribution in [-0.4, -0.2) is 9.97 Å². The molecule has 2 aromatic heterocycles. The fourth-order valence-electron chi connectivity index (χ4n) is 2.02. The van der Waals surface area contributed by atoms with E-state index in [9.17, 15) is 0 Å². The molecule has 2 heterocycles. The Balaban J connectivity index is 2.07. The largest absolute Gasteiger partial charge is 0.459 e. The highest BCUT2D eigenvalue weighted by Crippen LogP contribution is 2.27. The van der Waals surface area contributed by atoms with E-state index in [0.717, 1.165) is 27.9 Å². The third-order valence-corrected chi connectivity index (χ3v) is 3.01. The Bertz CT molecular complexity index is 676. The molecule has 0 aliphatic carbocycles. The Hall–Kier alpha value is -2.20. The van der Waals surface area contributed by atoms with E-state index in [0.29, 0.717) is 0 Å². The van der Waals surface area contributed by atoms with Crippen LogP contribution in [0.25, 0.3) is 11.0 Å². The maximum atomic E-state index is 6.16. The molecule has 0 saturated carbocycles. The highest BCUT2D eigenvalue weighted by Gasteiger charge is 2.15. The number of hydrogen-bond donors (Lipinski definition) is 1. The number of rotatable bonds is 2. The van der Waals surface area contributed by atoms with Gasteiger partial charge in [-0.3, -0.25) is 0 Å². The molecule has 0 saturated heterocycles. The van der Waals surface area contributed by atoms with Crippen molar-refractivity contribution in [3.63, 3.8) is 0 Å². The summed E-state index contributed by atoms with van der Waals surface area (Å²) in [7, 11) is 0. The first-order valence-electron chi connectivity index (χ1n) is 5.75. The van der Waals surface area contributed by atoms with Crippen LogP contribution in [0.1, 0.15) is 22.9 Å². The number of furan rings is 1. The molecule has 1 aromatic carbocycles. The molecule has 0 radical (unpaired) electrons. The average Bonchev–Trinajstić information content (AvgIpc) is 2.84. The number of aryl methyl sites for hydroxylation is 1. The van der Waals surface area contributed by atoms with E-state index >= 15 is 0 Å². The molecular weight excluding hydrogens is 226 g/mol. The van der Waals surface area contributed by atoms with Crippen molar-refractivity contribution in [2.75, 3.05) is 0 Å². The third kappa shape index (κ3) is 1.76. The average molecular weight is 239 g/mol. The number of nitrogens with zero attached hydrogens (tertiary/aromatic N) is 2. The molecule has 4 nitrogen and oxygen atoms in total. The van der Waals surface area contributed by atoms with Crippen LogP contribution >= 0.6 is 0 Å². The van der Waals surface area contributed by atoms with Crippen molar-refractivity contribution in [2.24, 2.45) is 5.73 Å². The lowest BCUT2D eigenvalue weighted by Crippen LogP contribution is -2.11. The highest BCUT2D eigenvalue weighted by atomic mass is 16.3. The Morgan fingerprint density at radius 3 is 2.72 bits per heavy atom. The van der Waals surface area contributed by atoms with Gasteiger partial charge in [-0.2, -0.15) is 0 Å². The lowest BCUT2D eigenvalue weighted by molar-refractivity contribution is 0.522. The molecule has 0 fully saturated rings. The van der Waals surface area contributed by atoms with Crippen molar-refractivity contribution in [3.8, 4) is 0 Å². The van der Waals surface area contributed by atoms with E-state index in [-0.39, 0.29) is 6.04 Å². The number of para-hydroxylation sites is 1. The Morgan fingerprint density at radius 1 is 1.22 bits per heavy atom. The molecule has 18 heavy (non-hydrogen) atoms. The van der Waals surface area contributed by atoms with Gasteiger partial charge in [0.25, 0.3) is 0 Å². The lowest BCUT2D eigenvalue weighted by atomic mass is 10.1. The molecule has 3 rings (SSSR count). The normalized spacial score (nSPS) is 12.8. The highest BCUT2D eigenvalue weighted by molar-refractivity contribution is 5.81. The van der Waals surface area contributed by atoms with E-state index < -0.39 is 0 Å². The Morgan fingerprint density at radius 2 is 2.00 bits per heavy atom. The molecule has 1 unspecified atom stereocenters. The third-order valence-electron chi connectivity index (χ3n) is 3.01. The minimum atomic E-state index is -0.335. The second-order valence-electron chi connectivity index (χ2n) is 4.29. The van der Waals surface area contributed by atoms with Gasteiger partial charge >= 0.3 is 0 Å². The topological polar surface area (TPSA) is 64.9 Å². The first-order valence-corrected chi connectivity index (χ1v) is 5.75. The minimum Gasteiger partial charge on any atom is -0.459 e. The summed E-state index contributed by atoms with van der Waals surface area (Å²) in [5.74, 6) is 0.731. The number of aromatic nitrogens is 2. The van der Waals surface area contributed by atoms with Crippen LogP contribution in [0.15, 0.2) is 47.4 Å². The molecular formula is C14H13N3O. The second kappa shape index (κ2) is 4.23. The lowest BCUT2D eigenvalue weighted by Gasteiger charge is -2.06. The van der Waals surface area contributed by atoms with Crippen LogP contribution in [-0.2, 0) is 0 Å². The van der Waals surface area contributed by atoms with Gasteiger partial charge in [0.05, 0.1) is 6.04 Å². The van der Waals surface area contributed by atoms with Gasteiger partial charge in [-0.25, -0.2) is 9.97 Å². The molecule has 2 N–H and O–H groups in total. The zero-order valence-electron chi connectivity index (χ0n) is 10.00. The van der Waals surface area contributed by atoms with Crippen molar-refractivity contribution in [1.82, 2.24) is 9.97 Å². The Labute approximate surface area is 104 Å². The zero-order chi connectivity index (χ0) is 12.5. The van der Waals surface area contributed by atoms with Gasteiger partial charge in [-0.1, -0.05) is 18.2 Å². The fourth-order valence-corrected chi connectivity index (χ4v) is 2.02. The van der Waals surface area contributed by atoms with Gasteiger partial charge in [0.15, 0.2) is 0 Å². The van der Waals surface area contributed by atoms with Crippen LogP contribution < -0.4 is 5.73 Å². The quantitative estimate of drug-likeness (QED) is 0.746. The first-order chi connectivity index (χ1) is 8.75. The van der Waals surface area contributed by atoms with E-state index in [4.69, 9.17) is 10.2 Å². The van der Waals surface area contributed by atoms with E-state index in [1.54, 1.807) is 12.4 Å². The summed E-state index contributed by atoms with van der Waals surface area (Å²) in [6, 6.07) is 7.68. The van der Waals surface area contributed by atoms with Gasteiger partial charge < -0.3 is 10.2 Å². The van der Waals surface area contributed by atoms with Crippen LogP contribution in [0.5, 0.6) is 0 Å². The zero-order valence-corrected chi connectivity index (χ0v) is 10.00. The van der Waals surface area contributed by atoms with Crippen LogP contribution in [0, 0.1) is 6.92 Å². The summed E-state index contributed by atoms with van der Waals surface area (Å²) in [4.78, 5) is 7.94. The van der Waals surface area contributed by atoms with Crippen molar-refractivity contribution in [2.45, 2.75) is 13.0 Å². The Kier molecular flexibility index (Phi) is 2.57. The molecule has 0 amide bonds. The summed E-state index contributed by atoms with van der Waals surface area (Å²) < 4.78 is 5.83. The molecule has 0 bridgehead atoms. The molecule has 1 atom stereocenters. The van der Waals surface area contributed by atoms with Crippen molar-refractivity contribution in [3.05, 3.63) is 59.9 Å². The predicted octanol–water partition coefficient (Wildman–Crippen LogP) is 2.58. The summed E-state index contributed by atoms with van der Waals surface area (Å²) in [5.41, 5.74) is 8.99. The van der Waals surface area contributed by atoms with Gasteiger partial charge in [-0.15, -0.1) is 0 Å². The van der Waals surface area contributed by atoms with Crippen LogP contribution in [0.2, 0.25) is 0 Å². The van der Waals surface area contributed by atoms with Gasteiger partial charge in [0, 0.05) is 23.3 Å². The van der Waals surface area contributed by atoms with Crippen molar-refractivity contribution >= 4 is 11.0 Å². The standard InChI is InChI=1S/C14H13N3O/c1-9-3-2-4-10-5-12(18-14(9)10)13(15)11-6-16-8-17-7-11/h2-8,13H,15H2,1H3. The van der Waals surface area contributed by atoms with Gasteiger partial charge in [0.1, 0.15) is 17.7 Å². The number of nitrogens with two attached hydrogens (primary N) is 1. The predicted molar refractivity (Wildman–Crippen MR) is 69.0 cm³/mol. The molecule has 3 aromatic rings. The van der Waals surface area contributed by atoms with Crippen molar-refractivity contribution in [1.29, 1.82) is 0 Å². The van der Waals surface area contributed by atoms with Crippen molar-refractivity contribution < 1.29 is 4.42 Å². The second-order valence-corrected chi connectivity index (χ2v) is 4.29. The van der Waals surface area contributed by atoms with Gasteiger partial charge in [0.2, 0.25) is 0 Å². The van der Waals surface area contributed by atoms with Crippen LogP contribution in [0.4, 0.5) is 0 Å². The van der Waals surface area contributed by atoms with E-state index in [2.05, 4.69) is 9.97 Å². The fraction of sp³-hybridized carbons (Fsp3) is 0.143. The molecule has 0 aliphatic heterocycles. The maximum Gasteiger partial charge on any atom is 0.137 e. The molecule has 90 valence electrons. The van der Waals surface area contributed by atoms with Crippen LogP contribution in [0.3, 0.4) is 0 Å². The minimum absolute atomic E-state index is 0.335. The summed E-state index contributed by atoms with van der Waals surface area (Å²) in [5, 5.41) is 1.07.